The van der Waals surface area contributed by atoms with Crippen LogP contribution < -0.4 is 37.2 Å². The maximum Gasteiger partial charge on any atom is 0.234 e. The molecule has 6 aliphatic rings. The Balaban J connectivity index is 0.000000501. The summed E-state index contributed by atoms with van der Waals surface area (Å²) in [4.78, 5) is 98.1. The van der Waals surface area contributed by atoms with E-state index in [1.807, 2.05) is 20.8 Å². The highest BCUT2D eigenvalue weighted by Crippen LogP contribution is 2.32. The summed E-state index contributed by atoms with van der Waals surface area (Å²) >= 11 is 0. The number of unbranched alkanes of at least 4 members (excludes halogenated alkanes) is 4. The number of nitrogens with zero attached hydrogens (tertiary/aromatic N) is 1. The van der Waals surface area contributed by atoms with E-state index in [0.717, 1.165) is 0 Å². The second kappa shape index (κ2) is 59.7. The fraction of sp³-hybridized carbons (Fsp3) is 0.893. The lowest BCUT2D eigenvalue weighted by molar-refractivity contribution is -0.366. The second-order valence-corrected chi connectivity index (χ2v) is 30.2. The lowest BCUT2D eigenvalue weighted by Crippen LogP contribution is -2.65. The topological polar surface area (TPSA) is 760 Å². The van der Waals surface area contributed by atoms with Gasteiger partial charge in [0.1, 0.15) is 146 Å². The van der Waals surface area contributed by atoms with Crippen molar-refractivity contribution in [2.45, 2.75) is 302 Å². The number of rotatable bonds is 51. The minimum Gasteiger partial charge on any atom is -0.394 e. The largest absolute Gasteiger partial charge is 0.394 e. The van der Waals surface area contributed by atoms with Gasteiger partial charge in [0.2, 0.25) is 41.4 Å². The lowest BCUT2D eigenvalue weighted by Gasteiger charge is -2.46. The number of aliphatic hydroxyl groups is 21. The highest BCUT2D eigenvalue weighted by molar-refractivity contribution is 5.84. The second-order valence-electron chi connectivity index (χ2n) is 30.2. The van der Waals surface area contributed by atoms with Crippen LogP contribution in [0.15, 0.2) is 0 Å². The molecule has 0 aromatic rings. The zero-order valence-corrected chi connectivity index (χ0v) is 70.2. The van der Waals surface area contributed by atoms with Crippen LogP contribution in [0.1, 0.15) is 118 Å². The van der Waals surface area contributed by atoms with Gasteiger partial charge in [0, 0.05) is 84.3 Å². The molecule has 6 heterocycles. The summed E-state index contributed by atoms with van der Waals surface area (Å²) in [7, 11) is 0. The number of hydrogen-bond donors (Lipinski definition) is 28. The van der Waals surface area contributed by atoms with E-state index in [0.29, 0.717) is 110 Å². The Morgan fingerprint density at radius 3 is 0.976 bits per heavy atom. The van der Waals surface area contributed by atoms with Crippen molar-refractivity contribution in [2.24, 2.45) is 0 Å². The molecule has 0 aromatic carbocycles. The molecule has 0 aromatic heterocycles. The summed E-state index contributed by atoms with van der Waals surface area (Å²) in [5.41, 5.74) is 0. The molecule has 6 aliphatic heterocycles. The monoisotopic (exact) mass is 1800 g/mol. The van der Waals surface area contributed by atoms with E-state index in [4.69, 9.17) is 67.1 Å². The van der Waals surface area contributed by atoms with Gasteiger partial charge >= 0.3 is 0 Å². The van der Waals surface area contributed by atoms with Crippen LogP contribution in [0.25, 0.3) is 0 Å². The predicted octanol–water partition coefficient (Wildman–Crippen LogP) is -13.9. The van der Waals surface area contributed by atoms with E-state index in [-0.39, 0.29) is 75.4 Å². The van der Waals surface area contributed by atoms with Gasteiger partial charge in [-0.05, 0) is 72.6 Å². The molecule has 0 aliphatic carbocycles. The van der Waals surface area contributed by atoms with Gasteiger partial charge in [0.15, 0.2) is 37.7 Å². The van der Waals surface area contributed by atoms with Crippen molar-refractivity contribution in [2.75, 3.05) is 125 Å². The van der Waals surface area contributed by atoms with Crippen LogP contribution in [0.4, 0.5) is 0 Å². The Morgan fingerprint density at radius 1 is 0.282 bits per heavy atom. The molecule has 28 N–H and O–H groups in total. The maximum absolute atomic E-state index is 13.2. The zero-order valence-electron chi connectivity index (χ0n) is 70.2. The van der Waals surface area contributed by atoms with Gasteiger partial charge in [-0.2, -0.15) is 0 Å². The van der Waals surface area contributed by atoms with Crippen LogP contribution in [0, 0.1) is 0 Å². The standard InChI is InChI=1S/C42H75N5O25.C17H31NO8.C16H30N2O8/c1-3-43-23(50)7-5-4-6-8-44-24(51)13-47(14-25(52)45-9-11-65-39-34(61)31(58)27(54)19(2)68-39)15-26(53)46-10-12-66-41-37(64)38(72-42-36(63)33(60)29(56)21(17-49)70-42)30(57)22(71-41)18-67-40-35(62)32(59)28(55)20(16-48)69-40;1-2-18-13(21)8-4-3-6-11(20)7-5-9-25-17-16(24)15(23)14(22)12(10-19)26-17;1-2-17-11(20)5-3-4-6-12(21)18-7-8-25-16-15(24)14(23)13(22)10(9-19)26-16/h19-22,27-42,48-49,54-64H,3-18H2,1-2H3,(H,43,50)(H,44,51)(H,45,52)(H,46,53);12,14-17,19,22-24H,2-10H2,1H3,(H,18,21);10,13-16,19,22-24H,2-9H2,1H3,(H,17,20)(H,18,21)/t19-,20+,21+,22+,27+,28+,29+,30+,31+,32-,33-,34-,35-,36-,37-,38-,39+,40-,41+,42+;12-,14-,15+,16+,17-;10-,13-,14+,15+,16-/m011/s1. The van der Waals surface area contributed by atoms with E-state index in [9.17, 15) is 135 Å². The van der Waals surface area contributed by atoms with Crippen molar-refractivity contribution in [1.82, 2.24) is 42.1 Å². The summed E-state index contributed by atoms with van der Waals surface area (Å²) in [5, 5.41) is 229. The molecule has 6 saturated heterocycles. The minimum absolute atomic E-state index is 0.00659. The quantitative estimate of drug-likeness (QED) is 0.0252. The summed E-state index contributed by atoms with van der Waals surface area (Å²) in [5.74, 6) is -2.11. The number of ether oxygens (including phenoxy) is 12. The van der Waals surface area contributed by atoms with Gasteiger partial charge in [-0.1, -0.05) is 6.42 Å². The predicted molar refractivity (Wildman–Crippen MR) is 417 cm³/mol. The lowest BCUT2D eigenvalue weighted by atomic mass is 9.96. The third-order valence-corrected chi connectivity index (χ3v) is 20.4. The van der Waals surface area contributed by atoms with Gasteiger partial charge in [-0.15, -0.1) is 0 Å². The number of carbonyl (C=O) groups excluding carboxylic acids is 8. The molecule has 0 saturated carbocycles. The van der Waals surface area contributed by atoms with Crippen molar-refractivity contribution in [1.29, 1.82) is 0 Å². The molecule has 0 bridgehead atoms. The van der Waals surface area contributed by atoms with E-state index >= 15 is 0 Å². The molecular formula is C75H136N8O41. The van der Waals surface area contributed by atoms with Gasteiger partial charge in [-0.25, -0.2) is 0 Å². The van der Waals surface area contributed by atoms with Gasteiger partial charge in [0.05, 0.1) is 85.2 Å². The third kappa shape index (κ3) is 37.6. The molecule has 49 heteroatoms. The molecule has 0 spiro atoms. The van der Waals surface area contributed by atoms with Crippen LogP contribution in [0.5, 0.6) is 0 Å². The Bertz CT molecular complexity index is 2960. The first-order valence-corrected chi connectivity index (χ1v) is 41.8. The zero-order chi connectivity index (χ0) is 92.3. The first kappa shape index (κ1) is 111. The number of Topliss-reactive ketones (excluding diaryl/α,β-unsaturated/α-hetero) is 1. The Hall–Kier alpha value is -5.40. The number of hydrogen-bond acceptors (Lipinski definition) is 42. The number of carbonyl (C=O) groups is 8. The summed E-state index contributed by atoms with van der Waals surface area (Å²) < 4.78 is 65.2. The van der Waals surface area contributed by atoms with Gasteiger partial charge in [-0.3, -0.25) is 43.3 Å². The maximum atomic E-state index is 13.2. The summed E-state index contributed by atoms with van der Waals surface area (Å²) in [6, 6.07) is 0. The van der Waals surface area contributed by atoms with Crippen LogP contribution in [-0.2, 0) is 95.2 Å². The molecular weight excluding hydrogens is 1670 g/mol. The van der Waals surface area contributed by atoms with Crippen LogP contribution in [0.3, 0.4) is 0 Å². The van der Waals surface area contributed by atoms with Crippen LogP contribution in [-0.4, -0.2) is 468 Å². The van der Waals surface area contributed by atoms with Crippen molar-refractivity contribution in [3.63, 3.8) is 0 Å². The van der Waals surface area contributed by atoms with Crippen molar-refractivity contribution in [3.8, 4) is 0 Å². The highest BCUT2D eigenvalue weighted by Gasteiger charge is 2.53. The average Bonchev–Trinajstić information content (AvgIpc) is 0.783. The molecule has 0 unspecified atom stereocenters. The number of ketones is 1. The van der Waals surface area contributed by atoms with E-state index < -0.39 is 261 Å². The van der Waals surface area contributed by atoms with Crippen molar-refractivity contribution >= 4 is 47.1 Å². The molecule has 30 atom stereocenters. The number of amides is 7. The molecule has 0 radical (unpaired) electrons. The third-order valence-electron chi connectivity index (χ3n) is 20.4. The normalized spacial score (nSPS) is 33.6. The smallest absolute Gasteiger partial charge is 0.234 e. The fourth-order valence-corrected chi connectivity index (χ4v) is 13.2. The molecule has 6 fully saturated rings. The van der Waals surface area contributed by atoms with Crippen LogP contribution >= 0.6 is 0 Å². The Labute approximate surface area is 716 Å². The van der Waals surface area contributed by atoms with Crippen molar-refractivity contribution < 1.29 is 202 Å². The van der Waals surface area contributed by atoms with E-state index in [1.54, 1.807) is 0 Å². The number of aliphatic hydroxyl groups excluding tert-OH is 21. The molecule has 722 valence electrons. The Kier molecular flexibility index (Phi) is 53.4. The number of nitrogens with one attached hydrogen (secondary N) is 7. The molecule has 6 rings (SSSR count). The Morgan fingerprint density at radius 2 is 0.581 bits per heavy atom. The van der Waals surface area contributed by atoms with E-state index in [2.05, 4.69) is 37.2 Å². The van der Waals surface area contributed by atoms with E-state index in [1.165, 1.54) is 11.8 Å². The first-order chi connectivity index (χ1) is 59.0. The molecule has 7 amide bonds. The fourth-order valence-electron chi connectivity index (χ4n) is 13.2. The summed E-state index contributed by atoms with van der Waals surface area (Å²) in [6.45, 7) is 3.44. The van der Waals surface area contributed by atoms with Crippen LogP contribution in [0.2, 0.25) is 0 Å². The molecule has 49 nitrogen and oxygen atoms in total. The van der Waals surface area contributed by atoms with Crippen molar-refractivity contribution in [3.05, 3.63) is 0 Å². The average molecular weight is 1810 g/mol. The van der Waals surface area contributed by atoms with Gasteiger partial charge < -0.3 is 201 Å². The minimum atomic E-state index is -1.97. The molecule has 124 heavy (non-hydrogen) atoms. The summed E-state index contributed by atoms with van der Waals surface area (Å²) in [6.07, 6.45) is -39.3. The van der Waals surface area contributed by atoms with Gasteiger partial charge in [0.25, 0.3) is 0 Å². The highest BCUT2D eigenvalue weighted by atomic mass is 16.8. The SMILES string of the molecule is CCNC(=O)CCCCC(=O)CCCO[C@@H]1O[C@H](CO)[C@@H](O)[C@H](O)[C@@H]1O.CCNC(=O)CCCCC(=O)NCCO[C@@H]1O[C@H](CO)[C@@H](O)[C@H](O)[C@@H]1O.CCNC(=O)CCCCCNC(=O)CN(CC(=O)NCCO[C@@H]1O[C@@H](C)[C@@H](O)[C@@H](O)[C@@H]1O)CC(=O)NCCO[C@@H]1O[C@H](CO[C@H]2O[C@H](CO)[C@@H](O)[C@H](O)[C@@H]2O)[C@@H](O)[C@H](O[C@H]2O[C@H](CO)[C@@H](O)[C@H](O)[C@@H]2O)[C@@H]1O. The first-order valence-electron chi connectivity index (χ1n) is 41.8.